The Morgan fingerprint density at radius 3 is 2.52 bits per heavy atom. The smallest absolute Gasteiger partial charge is 0.257 e. The lowest BCUT2D eigenvalue weighted by atomic mass is 10.1. The van der Waals surface area contributed by atoms with Gasteiger partial charge in [0.15, 0.2) is 0 Å². The van der Waals surface area contributed by atoms with Crippen LogP contribution in [0.25, 0.3) is 0 Å². The Kier molecular flexibility index (Phi) is 9.64. The number of amides is 1. The molecule has 0 radical (unpaired) electrons. The summed E-state index contributed by atoms with van der Waals surface area (Å²) < 4.78 is 0. The fraction of sp³-hybridized carbons (Fsp3) is 0.381. The molecule has 1 aliphatic heterocycles. The summed E-state index contributed by atoms with van der Waals surface area (Å²) in [5.41, 5.74) is 4.93. The molecule has 0 spiro atoms. The zero-order valence-electron chi connectivity index (χ0n) is 16.0. The number of benzene rings is 2. The quantitative estimate of drug-likeness (QED) is 0.719. The van der Waals surface area contributed by atoms with Gasteiger partial charge in [-0.3, -0.25) is 4.79 Å². The first-order valence-corrected chi connectivity index (χ1v) is 9.14. The van der Waals surface area contributed by atoms with Gasteiger partial charge in [-0.1, -0.05) is 30.7 Å². The molecule has 27 heavy (non-hydrogen) atoms. The van der Waals surface area contributed by atoms with Gasteiger partial charge in [-0.2, -0.15) is 0 Å². The normalized spacial score (nSPS) is 12.9. The standard InChI is InChI=1S/C21H27N3O.2ClH/c1-3-22-15-17-7-6-8-18(14-17)23-21(25)19-13-16(2)9-10-20(19)24-11-4-5-12-24;;/h6-10,13-14,22H,3-5,11-12,15H2,1-2H3,(H,23,25);2*1H. The molecule has 1 aliphatic rings. The SMILES string of the molecule is CCNCc1cccc(NC(=O)c2cc(C)ccc2N2CCCC2)c1.Cl.Cl. The van der Waals surface area contributed by atoms with E-state index >= 15 is 0 Å². The molecule has 1 saturated heterocycles. The number of anilines is 2. The van der Waals surface area contributed by atoms with Crippen LogP contribution in [-0.2, 0) is 6.54 Å². The number of carbonyl (C=O) groups excluding carboxylic acids is 1. The van der Waals surface area contributed by atoms with Crippen molar-refractivity contribution >= 4 is 42.1 Å². The number of hydrogen-bond acceptors (Lipinski definition) is 3. The predicted octanol–water partition coefficient (Wildman–Crippen LogP) is 4.80. The molecule has 1 amide bonds. The van der Waals surface area contributed by atoms with Gasteiger partial charge in [0.05, 0.1) is 5.56 Å². The Labute approximate surface area is 174 Å². The summed E-state index contributed by atoms with van der Waals surface area (Å²) in [6.45, 7) is 7.91. The summed E-state index contributed by atoms with van der Waals surface area (Å²) in [7, 11) is 0. The minimum atomic E-state index is -0.0359. The molecule has 0 unspecified atom stereocenters. The van der Waals surface area contributed by atoms with Crippen molar-refractivity contribution in [2.45, 2.75) is 33.2 Å². The van der Waals surface area contributed by atoms with Gasteiger partial charge < -0.3 is 15.5 Å². The number of rotatable bonds is 6. The molecule has 3 rings (SSSR count). The Bertz CT molecular complexity index is 746. The number of aryl methyl sites for hydroxylation is 1. The fourth-order valence-electron chi connectivity index (χ4n) is 3.29. The molecule has 0 atom stereocenters. The zero-order valence-corrected chi connectivity index (χ0v) is 17.6. The minimum absolute atomic E-state index is 0. The van der Waals surface area contributed by atoms with E-state index in [1.165, 1.54) is 18.4 Å². The highest BCUT2D eigenvalue weighted by Crippen LogP contribution is 2.26. The number of hydrogen-bond donors (Lipinski definition) is 2. The Balaban J connectivity index is 0.00000182. The average molecular weight is 410 g/mol. The Morgan fingerprint density at radius 2 is 1.81 bits per heavy atom. The summed E-state index contributed by atoms with van der Waals surface area (Å²) in [5.74, 6) is -0.0359. The summed E-state index contributed by atoms with van der Waals surface area (Å²) in [6, 6.07) is 14.2. The summed E-state index contributed by atoms with van der Waals surface area (Å²) in [4.78, 5) is 15.2. The maximum atomic E-state index is 12.9. The average Bonchev–Trinajstić information content (AvgIpc) is 3.14. The highest BCUT2D eigenvalue weighted by atomic mass is 35.5. The van der Waals surface area contributed by atoms with E-state index in [1.54, 1.807) is 0 Å². The third-order valence-electron chi connectivity index (χ3n) is 4.61. The van der Waals surface area contributed by atoms with Crippen molar-refractivity contribution in [3.63, 3.8) is 0 Å². The van der Waals surface area contributed by atoms with E-state index in [0.717, 1.165) is 48.7 Å². The van der Waals surface area contributed by atoms with Crippen LogP contribution in [0, 0.1) is 6.92 Å². The number of nitrogens with zero attached hydrogens (tertiary/aromatic N) is 1. The van der Waals surface area contributed by atoms with Gasteiger partial charge in [-0.05, 0) is 56.1 Å². The third kappa shape index (κ3) is 6.13. The van der Waals surface area contributed by atoms with Gasteiger partial charge in [0.1, 0.15) is 0 Å². The second-order valence-electron chi connectivity index (χ2n) is 6.65. The second kappa shape index (κ2) is 11.2. The van der Waals surface area contributed by atoms with E-state index in [4.69, 9.17) is 0 Å². The lowest BCUT2D eigenvalue weighted by Crippen LogP contribution is -2.23. The predicted molar refractivity (Wildman–Crippen MR) is 119 cm³/mol. The zero-order chi connectivity index (χ0) is 17.6. The molecule has 1 heterocycles. The largest absolute Gasteiger partial charge is 0.371 e. The fourth-order valence-corrected chi connectivity index (χ4v) is 3.29. The van der Waals surface area contributed by atoms with Crippen LogP contribution in [0.1, 0.15) is 41.3 Å². The molecule has 2 aromatic carbocycles. The van der Waals surface area contributed by atoms with E-state index in [0.29, 0.717) is 0 Å². The summed E-state index contributed by atoms with van der Waals surface area (Å²) in [5, 5.41) is 6.38. The first-order valence-electron chi connectivity index (χ1n) is 9.14. The van der Waals surface area contributed by atoms with Gasteiger partial charge in [0.2, 0.25) is 0 Å². The monoisotopic (exact) mass is 409 g/mol. The van der Waals surface area contributed by atoms with Crippen LogP contribution in [-0.4, -0.2) is 25.5 Å². The number of nitrogens with one attached hydrogen (secondary N) is 2. The summed E-state index contributed by atoms with van der Waals surface area (Å²) in [6.07, 6.45) is 2.39. The molecule has 148 valence electrons. The summed E-state index contributed by atoms with van der Waals surface area (Å²) >= 11 is 0. The molecule has 0 aromatic heterocycles. The minimum Gasteiger partial charge on any atom is -0.371 e. The van der Waals surface area contributed by atoms with E-state index in [9.17, 15) is 4.79 Å². The van der Waals surface area contributed by atoms with Gasteiger partial charge in [-0.15, -0.1) is 24.8 Å². The lowest BCUT2D eigenvalue weighted by molar-refractivity contribution is 0.102. The van der Waals surface area contributed by atoms with Gasteiger partial charge in [-0.25, -0.2) is 0 Å². The molecule has 0 aliphatic carbocycles. The van der Waals surface area contributed by atoms with Gasteiger partial charge in [0.25, 0.3) is 5.91 Å². The molecule has 4 nitrogen and oxygen atoms in total. The third-order valence-corrected chi connectivity index (χ3v) is 4.61. The molecule has 2 aromatic rings. The first-order chi connectivity index (χ1) is 12.2. The van der Waals surface area contributed by atoms with E-state index < -0.39 is 0 Å². The highest BCUT2D eigenvalue weighted by Gasteiger charge is 2.19. The first kappa shape index (κ1) is 23.3. The van der Waals surface area contributed by atoms with Crippen LogP contribution < -0.4 is 15.5 Å². The van der Waals surface area contributed by atoms with Gasteiger partial charge >= 0.3 is 0 Å². The maximum Gasteiger partial charge on any atom is 0.257 e. The van der Waals surface area contributed by atoms with Crippen LogP contribution in [0.2, 0.25) is 0 Å². The van der Waals surface area contributed by atoms with Crippen molar-refractivity contribution < 1.29 is 4.79 Å². The Hall–Kier alpha value is -1.75. The van der Waals surface area contributed by atoms with E-state index in [-0.39, 0.29) is 30.7 Å². The molecule has 2 N–H and O–H groups in total. The van der Waals surface area contributed by atoms with E-state index in [1.807, 2.05) is 31.2 Å². The highest BCUT2D eigenvalue weighted by molar-refractivity contribution is 6.08. The van der Waals surface area contributed by atoms with E-state index in [2.05, 4.69) is 40.7 Å². The Morgan fingerprint density at radius 1 is 1.07 bits per heavy atom. The van der Waals surface area contributed by atoms with Crippen LogP contribution >= 0.6 is 24.8 Å². The van der Waals surface area contributed by atoms with Crippen molar-refractivity contribution in [3.05, 3.63) is 59.2 Å². The molecule has 0 bridgehead atoms. The molecule has 1 fully saturated rings. The molecule has 6 heteroatoms. The van der Waals surface area contributed by atoms with Crippen molar-refractivity contribution in [3.8, 4) is 0 Å². The second-order valence-corrected chi connectivity index (χ2v) is 6.65. The van der Waals surface area contributed by atoms with Crippen LogP contribution in [0.4, 0.5) is 11.4 Å². The van der Waals surface area contributed by atoms with Gasteiger partial charge in [0, 0.05) is 31.0 Å². The molecular weight excluding hydrogens is 381 g/mol. The van der Waals surface area contributed by atoms with Crippen LogP contribution in [0.15, 0.2) is 42.5 Å². The molecular formula is C21H29Cl2N3O. The van der Waals surface area contributed by atoms with Crippen LogP contribution in [0.3, 0.4) is 0 Å². The van der Waals surface area contributed by atoms with Crippen molar-refractivity contribution in [1.29, 1.82) is 0 Å². The van der Waals surface area contributed by atoms with Crippen molar-refractivity contribution in [1.82, 2.24) is 5.32 Å². The van der Waals surface area contributed by atoms with Crippen LogP contribution in [0.5, 0.6) is 0 Å². The van der Waals surface area contributed by atoms with Crippen molar-refractivity contribution in [2.24, 2.45) is 0 Å². The number of halogens is 2. The topological polar surface area (TPSA) is 44.4 Å². The molecule has 0 saturated carbocycles. The van der Waals surface area contributed by atoms with Crippen molar-refractivity contribution in [2.75, 3.05) is 29.9 Å². The maximum absolute atomic E-state index is 12.9. The lowest BCUT2D eigenvalue weighted by Gasteiger charge is -2.21. The number of carbonyl (C=O) groups is 1.